The largest absolute Gasteiger partial charge is 0.472 e. The molecule has 2 atom stereocenters. The fourth-order valence-corrected chi connectivity index (χ4v) is 9.88. The van der Waals surface area contributed by atoms with E-state index >= 15 is 0 Å². The number of carbonyl (C=O) groups is 2. The maximum absolute atomic E-state index is 12.8. The Morgan fingerprint density at radius 1 is 0.303 bits per heavy atom. The molecule has 9 nitrogen and oxygen atoms in total. The maximum atomic E-state index is 12.8. The summed E-state index contributed by atoms with van der Waals surface area (Å²) in [5.74, 6) is -0.895. The first kappa shape index (κ1) is 92.3. The molecule has 0 amide bonds. The average molecular weight is 1380 g/mol. The summed E-state index contributed by atoms with van der Waals surface area (Å²) in [5, 5.41) is 0. The molecule has 0 aliphatic rings. The van der Waals surface area contributed by atoms with Crippen LogP contribution in [0.3, 0.4) is 0 Å². The van der Waals surface area contributed by atoms with Gasteiger partial charge in [0.05, 0.1) is 13.2 Å². The molecular formula is C89H134NO8P. The summed E-state index contributed by atoms with van der Waals surface area (Å²) in [7, 11) is -4.43. The van der Waals surface area contributed by atoms with Crippen LogP contribution in [0.4, 0.5) is 0 Å². The van der Waals surface area contributed by atoms with Crippen LogP contribution in [0.25, 0.3) is 0 Å². The molecule has 0 bridgehead atoms. The number of allylic oxidation sites excluding steroid dienone is 44. The van der Waals surface area contributed by atoms with Crippen molar-refractivity contribution < 1.29 is 37.6 Å². The second kappa shape index (κ2) is 80.3. The Morgan fingerprint density at radius 3 is 0.778 bits per heavy atom. The zero-order chi connectivity index (χ0) is 71.5. The minimum atomic E-state index is -4.43. The number of unbranched alkanes of at least 4 members (excludes halogenated alkanes) is 10. The Bertz CT molecular complexity index is 2630. The molecule has 0 rings (SSSR count). The van der Waals surface area contributed by atoms with Gasteiger partial charge in [0, 0.05) is 19.4 Å². The molecular weight excluding hydrogens is 1240 g/mol. The van der Waals surface area contributed by atoms with E-state index in [1.165, 1.54) is 0 Å². The summed E-state index contributed by atoms with van der Waals surface area (Å²) in [4.78, 5) is 35.4. The topological polar surface area (TPSA) is 134 Å². The molecule has 0 saturated heterocycles. The lowest BCUT2D eigenvalue weighted by Crippen LogP contribution is -2.29. The Hall–Kier alpha value is -6.71. The van der Waals surface area contributed by atoms with Gasteiger partial charge in [0.1, 0.15) is 6.61 Å². The number of esters is 2. The summed E-state index contributed by atoms with van der Waals surface area (Å²) in [5.41, 5.74) is 5.40. The van der Waals surface area contributed by atoms with E-state index in [9.17, 15) is 19.0 Å². The van der Waals surface area contributed by atoms with E-state index in [4.69, 9.17) is 24.3 Å². The molecule has 2 unspecified atom stereocenters. The van der Waals surface area contributed by atoms with Gasteiger partial charge in [0.2, 0.25) is 0 Å². The van der Waals surface area contributed by atoms with E-state index in [1.807, 2.05) is 0 Å². The molecule has 0 aromatic heterocycles. The lowest BCUT2D eigenvalue weighted by Gasteiger charge is -2.19. The number of carbonyl (C=O) groups excluding carboxylic acids is 2. The van der Waals surface area contributed by atoms with Gasteiger partial charge in [0.25, 0.3) is 0 Å². The van der Waals surface area contributed by atoms with Gasteiger partial charge in [0.15, 0.2) is 6.10 Å². The summed E-state index contributed by atoms with van der Waals surface area (Å²) in [6.45, 7) is 3.43. The van der Waals surface area contributed by atoms with Crippen LogP contribution in [0, 0.1) is 0 Å². The molecule has 10 heteroatoms. The SMILES string of the molecule is CC/C=C\C/C=C\C/C=C\C/C=C\C/C=C\C/C=C\C/C=C\C/C=C\C/C=C\C/C=C\C/C=C\CCCCCCCC(=O)OCC(COP(=O)(O)OCCN)OC(=O)CCCCCCC/C=C\C/C=C\C/C=C\C/C=C\C/C=C\C/C=C\C/C=C\C/C=C\C/C=C\C/C=C\C/C=C\CC. The van der Waals surface area contributed by atoms with Gasteiger partial charge in [-0.15, -0.1) is 0 Å². The molecule has 548 valence electrons. The van der Waals surface area contributed by atoms with Crippen LogP contribution in [-0.4, -0.2) is 49.3 Å². The molecule has 0 aliphatic heterocycles. The number of ether oxygens (including phenoxy) is 2. The Morgan fingerprint density at radius 2 is 0.525 bits per heavy atom. The van der Waals surface area contributed by atoms with Crippen molar-refractivity contribution in [2.75, 3.05) is 26.4 Å². The first-order valence-corrected chi connectivity index (χ1v) is 39.3. The number of rotatable bonds is 67. The van der Waals surface area contributed by atoms with Gasteiger partial charge in [-0.25, -0.2) is 4.57 Å². The first-order valence-electron chi connectivity index (χ1n) is 37.8. The van der Waals surface area contributed by atoms with Crippen molar-refractivity contribution in [3.05, 3.63) is 267 Å². The maximum Gasteiger partial charge on any atom is 0.472 e. The van der Waals surface area contributed by atoms with Crippen molar-refractivity contribution in [3.8, 4) is 0 Å². The monoisotopic (exact) mass is 1380 g/mol. The minimum Gasteiger partial charge on any atom is -0.462 e. The van der Waals surface area contributed by atoms with Crippen LogP contribution >= 0.6 is 7.82 Å². The summed E-state index contributed by atoms with van der Waals surface area (Å²) in [6.07, 6.45) is 130. The second-order valence-corrected chi connectivity index (χ2v) is 25.1. The molecule has 0 spiro atoms. The zero-order valence-corrected chi connectivity index (χ0v) is 62.5. The summed E-state index contributed by atoms with van der Waals surface area (Å²) >= 11 is 0. The Balaban J connectivity index is 4.08. The molecule has 0 aromatic rings. The highest BCUT2D eigenvalue weighted by Gasteiger charge is 2.26. The normalized spacial score (nSPS) is 14.4. The summed E-state index contributed by atoms with van der Waals surface area (Å²) < 4.78 is 33.2. The van der Waals surface area contributed by atoms with Crippen molar-refractivity contribution in [2.24, 2.45) is 5.73 Å². The number of hydrogen-bond acceptors (Lipinski definition) is 8. The first-order chi connectivity index (χ1) is 48.8. The van der Waals surface area contributed by atoms with Gasteiger partial charge >= 0.3 is 19.8 Å². The van der Waals surface area contributed by atoms with Crippen LogP contribution in [0.5, 0.6) is 0 Å². The molecule has 99 heavy (non-hydrogen) atoms. The molecule has 0 heterocycles. The van der Waals surface area contributed by atoms with Gasteiger partial charge in [-0.2, -0.15) is 0 Å². The van der Waals surface area contributed by atoms with Crippen LogP contribution in [-0.2, 0) is 32.7 Å². The van der Waals surface area contributed by atoms with E-state index in [1.54, 1.807) is 0 Å². The quantitative estimate of drug-likeness (QED) is 0.0264. The predicted molar refractivity (Wildman–Crippen MR) is 430 cm³/mol. The van der Waals surface area contributed by atoms with Crippen molar-refractivity contribution >= 4 is 19.8 Å². The third-order valence-corrected chi connectivity index (χ3v) is 15.6. The van der Waals surface area contributed by atoms with Gasteiger partial charge in [-0.05, 0) is 180 Å². The molecule has 0 radical (unpaired) electrons. The highest BCUT2D eigenvalue weighted by molar-refractivity contribution is 7.47. The smallest absolute Gasteiger partial charge is 0.462 e. The van der Waals surface area contributed by atoms with E-state index in [2.05, 4.69) is 281 Å². The van der Waals surface area contributed by atoms with E-state index in [0.29, 0.717) is 12.8 Å². The summed E-state index contributed by atoms with van der Waals surface area (Å²) in [6, 6.07) is 0. The highest BCUT2D eigenvalue weighted by Crippen LogP contribution is 2.43. The number of phosphoric acid groups is 1. The fraction of sp³-hybridized carbons (Fsp3) is 0.483. The van der Waals surface area contributed by atoms with Crippen LogP contribution in [0.15, 0.2) is 267 Å². The zero-order valence-electron chi connectivity index (χ0n) is 61.6. The van der Waals surface area contributed by atoms with Gasteiger partial charge in [-0.1, -0.05) is 320 Å². The van der Waals surface area contributed by atoms with E-state index < -0.39 is 32.5 Å². The second-order valence-electron chi connectivity index (χ2n) is 23.7. The van der Waals surface area contributed by atoms with Crippen LogP contribution in [0.1, 0.15) is 245 Å². The van der Waals surface area contributed by atoms with Crippen molar-refractivity contribution in [1.82, 2.24) is 0 Å². The third-order valence-electron chi connectivity index (χ3n) is 14.6. The number of nitrogens with two attached hydrogens (primary N) is 1. The van der Waals surface area contributed by atoms with Crippen LogP contribution < -0.4 is 5.73 Å². The lowest BCUT2D eigenvalue weighted by molar-refractivity contribution is -0.161. The average Bonchev–Trinajstić information content (AvgIpc) is 1.52. The predicted octanol–water partition coefficient (Wildman–Crippen LogP) is 25.9. The van der Waals surface area contributed by atoms with E-state index in [-0.39, 0.29) is 32.6 Å². The van der Waals surface area contributed by atoms with Crippen molar-refractivity contribution in [3.63, 3.8) is 0 Å². The third kappa shape index (κ3) is 80.2. The number of hydrogen-bond donors (Lipinski definition) is 2. The van der Waals surface area contributed by atoms with Crippen LogP contribution in [0.2, 0.25) is 0 Å². The van der Waals surface area contributed by atoms with Crippen molar-refractivity contribution in [1.29, 1.82) is 0 Å². The highest BCUT2D eigenvalue weighted by atomic mass is 31.2. The molecule has 3 N–H and O–H groups in total. The standard InChI is InChI=1S/C89H134NO8P/c1-3-5-7-9-11-13-15-17-19-21-23-25-27-29-31-33-35-37-39-41-43-45-47-49-51-53-55-57-59-61-63-65-67-69-71-73-75-77-79-81-88(91)95-85-87(86-97-99(93,94)96-84-83-90)98-89(92)82-80-78-76-74-72-70-68-66-64-62-60-58-56-54-52-50-48-46-44-42-40-38-36-34-32-30-28-26-24-22-20-18-16-14-12-10-8-6-4-2/h5-8,11-14,17-20,23-26,29-32,35-38,41-44,47-50,53-56,59-62,65-68,87H,3-4,9-10,15-16,21-22,27-28,33-34,39-40,45-46,51-52,57-58,63-64,69-86,90H2,1-2H3,(H,93,94)/b7-5-,8-6-,13-11-,14-12-,19-17-,20-18-,25-23-,26-24-,31-29-,32-30-,37-35-,38-36-,43-41-,44-42-,49-47-,50-48-,55-53-,56-54-,61-59-,62-60-,67-65-,68-66-. The van der Waals surface area contributed by atoms with Gasteiger partial charge < -0.3 is 20.1 Å². The fourth-order valence-electron chi connectivity index (χ4n) is 9.11. The van der Waals surface area contributed by atoms with E-state index in [0.717, 1.165) is 205 Å². The van der Waals surface area contributed by atoms with Gasteiger partial charge in [-0.3, -0.25) is 18.6 Å². The Labute approximate surface area is 604 Å². The minimum absolute atomic E-state index is 0.0322. The molecule has 0 aromatic carbocycles. The lowest BCUT2D eigenvalue weighted by atomic mass is 10.1. The molecule has 0 fully saturated rings. The molecule has 0 saturated carbocycles. The number of phosphoric ester groups is 1. The van der Waals surface area contributed by atoms with Crippen molar-refractivity contribution in [2.45, 2.75) is 251 Å². The Kier molecular flexibility index (Phi) is 74.8. The molecule has 0 aliphatic carbocycles.